The Morgan fingerprint density at radius 2 is 2.16 bits per heavy atom. The average molecular weight is 254 g/mol. The molecule has 1 aromatic carbocycles. The Morgan fingerprint density at radius 3 is 2.95 bits per heavy atom. The molecule has 0 saturated carbocycles. The number of aryl methyl sites for hydroxylation is 1. The number of ketones is 1. The largest absolute Gasteiger partial charge is 0.366 e. The van der Waals surface area contributed by atoms with E-state index in [-0.39, 0.29) is 5.78 Å². The van der Waals surface area contributed by atoms with Crippen LogP contribution >= 0.6 is 0 Å². The fourth-order valence-corrected chi connectivity index (χ4v) is 2.60. The fraction of sp³-hybridized carbons (Fsp3) is 0.200. The number of nitrogens with one attached hydrogen (secondary N) is 1. The number of nitrogens with two attached hydrogens (primary N) is 1. The van der Waals surface area contributed by atoms with Crippen LogP contribution in [0.25, 0.3) is 17.0 Å². The molecule has 1 aromatic heterocycles. The summed E-state index contributed by atoms with van der Waals surface area (Å²) >= 11 is 0. The van der Waals surface area contributed by atoms with Crippen molar-refractivity contribution in [1.82, 2.24) is 4.98 Å². The summed E-state index contributed by atoms with van der Waals surface area (Å²) in [5.74, 6) is -0.280. The van der Waals surface area contributed by atoms with Gasteiger partial charge in [0.2, 0.25) is 5.91 Å². The van der Waals surface area contributed by atoms with Crippen LogP contribution in [0.1, 0.15) is 34.5 Å². The molecule has 1 aliphatic rings. The van der Waals surface area contributed by atoms with Crippen molar-refractivity contribution >= 4 is 28.7 Å². The lowest BCUT2D eigenvalue weighted by molar-refractivity contribution is -0.113. The Balaban J connectivity index is 2.12. The Hall–Kier alpha value is -2.36. The van der Waals surface area contributed by atoms with Crippen molar-refractivity contribution in [2.24, 2.45) is 5.73 Å². The zero-order valence-electron chi connectivity index (χ0n) is 10.4. The highest BCUT2D eigenvalue weighted by molar-refractivity contribution is 6.03. The average Bonchev–Trinajstić information content (AvgIpc) is 2.76. The molecule has 1 heterocycles. The number of carbonyl (C=O) groups is 2. The molecule has 0 fully saturated rings. The van der Waals surface area contributed by atoms with E-state index in [2.05, 4.69) is 4.98 Å². The van der Waals surface area contributed by atoms with Gasteiger partial charge in [-0.25, -0.2) is 0 Å². The maximum absolute atomic E-state index is 11.8. The van der Waals surface area contributed by atoms with Gasteiger partial charge in [-0.3, -0.25) is 9.59 Å². The number of Topliss-reactive ketones (excluding diaryl/α,β-unsaturated/α-hetero) is 1. The second-order valence-corrected chi connectivity index (χ2v) is 4.80. The van der Waals surface area contributed by atoms with E-state index in [9.17, 15) is 9.59 Å². The molecule has 3 rings (SSSR count). The maximum atomic E-state index is 11.8. The topological polar surface area (TPSA) is 76.0 Å². The second kappa shape index (κ2) is 4.39. The van der Waals surface area contributed by atoms with E-state index in [1.165, 1.54) is 6.08 Å². The van der Waals surface area contributed by atoms with Gasteiger partial charge in [0.25, 0.3) is 0 Å². The minimum atomic E-state index is -0.466. The summed E-state index contributed by atoms with van der Waals surface area (Å²) in [6, 6.07) is 5.82. The van der Waals surface area contributed by atoms with Crippen LogP contribution in [0.4, 0.5) is 0 Å². The molecule has 4 heteroatoms. The van der Waals surface area contributed by atoms with Crippen LogP contribution in [0.15, 0.2) is 24.3 Å². The molecule has 19 heavy (non-hydrogen) atoms. The normalized spacial score (nSPS) is 15.1. The van der Waals surface area contributed by atoms with Gasteiger partial charge < -0.3 is 10.7 Å². The predicted molar refractivity (Wildman–Crippen MR) is 73.8 cm³/mol. The van der Waals surface area contributed by atoms with Crippen LogP contribution in [0.2, 0.25) is 0 Å². The van der Waals surface area contributed by atoms with E-state index < -0.39 is 5.91 Å². The van der Waals surface area contributed by atoms with Gasteiger partial charge in [0.15, 0.2) is 5.78 Å². The molecule has 2 aromatic rings. The molecule has 0 unspecified atom stereocenters. The molecule has 0 radical (unpaired) electrons. The molecule has 96 valence electrons. The van der Waals surface area contributed by atoms with E-state index in [1.54, 1.807) is 6.08 Å². The first-order valence-corrected chi connectivity index (χ1v) is 6.30. The third kappa shape index (κ3) is 2.05. The molecule has 0 atom stereocenters. The summed E-state index contributed by atoms with van der Waals surface area (Å²) in [4.78, 5) is 25.8. The first-order valence-electron chi connectivity index (χ1n) is 6.30. The molecule has 0 bridgehead atoms. The second-order valence-electron chi connectivity index (χ2n) is 4.80. The van der Waals surface area contributed by atoms with Crippen molar-refractivity contribution in [3.63, 3.8) is 0 Å². The van der Waals surface area contributed by atoms with Gasteiger partial charge in [-0.05, 0) is 42.2 Å². The summed E-state index contributed by atoms with van der Waals surface area (Å²) < 4.78 is 0. The monoisotopic (exact) mass is 254 g/mol. The van der Waals surface area contributed by atoms with E-state index in [4.69, 9.17) is 5.73 Å². The highest BCUT2D eigenvalue weighted by atomic mass is 16.1. The zero-order chi connectivity index (χ0) is 13.4. The van der Waals surface area contributed by atoms with Crippen molar-refractivity contribution in [3.8, 4) is 0 Å². The van der Waals surface area contributed by atoms with Gasteiger partial charge in [-0.2, -0.15) is 0 Å². The molecule has 4 nitrogen and oxygen atoms in total. The van der Waals surface area contributed by atoms with E-state index >= 15 is 0 Å². The lowest BCUT2D eigenvalue weighted by atomic mass is 9.94. The van der Waals surface area contributed by atoms with Crippen molar-refractivity contribution < 1.29 is 9.59 Å². The Bertz CT molecular complexity index is 710. The lowest BCUT2D eigenvalue weighted by Crippen LogP contribution is -2.09. The van der Waals surface area contributed by atoms with Gasteiger partial charge >= 0.3 is 0 Å². The third-order valence-corrected chi connectivity index (χ3v) is 3.48. The molecule has 3 N–H and O–H groups in total. The molecule has 0 saturated heterocycles. The van der Waals surface area contributed by atoms with Gasteiger partial charge in [0.1, 0.15) is 0 Å². The number of primary amides is 1. The molecule has 0 aliphatic heterocycles. The molecular weight excluding hydrogens is 240 g/mol. The van der Waals surface area contributed by atoms with Crippen molar-refractivity contribution in [1.29, 1.82) is 0 Å². The number of hydrogen-bond donors (Lipinski definition) is 2. The van der Waals surface area contributed by atoms with E-state index in [1.807, 2.05) is 18.2 Å². The van der Waals surface area contributed by atoms with Crippen LogP contribution in [-0.2, 0) is 11.2 Å². The lowest BCUT2D eigenvalue weighted by Gasteiger charge is -2.09. The summed E-state index contributed by atoms with van der Waals surface area (Å²) in [6.45, 7) is 0. The molecule has 0 spiro atoms. The minimum Gasteiger partial charge on any atom is -0.366 e. The van der Waals surface area contributed by atoms with Crippen LogP contribution in [-0.4, -0.2) is 16.7 Å². The first kappa shape index (κ1) is 11.7. The van der Waals surface area contributed by atoms with Crippen LogP contribution < -0.4 is 5.73 Å². The number of H-pyrrole nitrogens is 1. The van der Waals surface area contributed by atoms with Crippen LogP contribution in [0, 0.1) is 0 Å². The Labute approximate surface area is 110 Å². The number of carbonyl (C=O) groups excluding carboxylic acids is 2. The minimum absolute atomic E-state index is 0.187. The smallest absolute Gasteiger partial charge is 0.241 e. The van der Waals surface area contributed by atoms with Gasteiger partial charge in [-0.15, -0.1) is 0 Å². The predicted octanol–water partition coefficient (Wildman–Crippen LogP) is 2.19. The molecule has 1 amide bonds. The number of aromatic nitrogens is 1. The summed E-state index contributed by atoms with van der Waals surface area (Å²) in [6.07, 6.45) is 5.47. The Morgan fingerprint density at radius 1 is 1.32 bits per heavy atom. The number of benzene rings is 1. The van der Waals surface area contributed by atoms with Crippen LogP contribution in [0.5, 0.6) is 0 Å². The van der Waals surface area contributed by atoms with Crippen molar-refractivity contribution in [2.75, 3.05) is 0 Å². The third-order valence-electron chi connectivity index (χ3n) is 3.48. The quantitative estimate of drug-likeness (QED) is 0.806. The number of rotatable bonds is 2. The van der Waals surface area contributed by atoms with Crippen LogP contribution in [0.3, 0.4) is 0 Å². The highest BCUT2D eigenvalue weighted by Gasteiger charge is 2.21. The Kier molecular flexibility index (Phi) is 2.71. The zero-order valence-corrected chi connectivity index (χ0v) is 10.4. The van der Waals surface area contributed by atoms with Gasteiger partial charge in [-0.1, -0.05) is 6.07 Å². The maximum Gasteiger partial charge on any atom is 0.241 e. The van der Waals surface area contributed by atoms with Crippen molar-refractivity contribution in [2.45, 2.75) is 19.3 Å². The SMILES string of the molecule is NC(=O)C=Cc1ccc2[nH]c3c(c2c1)CCCC3=O. The fourth-order valence-electron chi connectivity index (χ4n) is 2.60. The summed E-state index contributed by atoms with van der Waals surface area (Å²) in [7, 11) is 0. The first-order chi connectivity index (χ1) is 9.15. The van der Waals surface area contributed by atoms with Gasteiger partial charge in [0, 0.05) is 23.4 Å². The van der Waals surface area contributed by atoms with Crippen molar-refractivity contribution in [3.05, 3.63) is 41.1 Å². The number of amides is 1. The number of aromatic amines is 1. The number of hydrogen-bond acceptors (Lipinski definition) is 2. The molecular formula is C15H14N2O2. The molecule has 1 aliphatic carbocycles. The van der Waals surface area contributed by atoms with Gasteiger partial charge in [0.05, 0.1) is 5.69 Å². The van der Waals surface area contributed by atoms with E-state index in [0.717, 1.165) is 40.6 Å². The summed E-state index contributed by atoms with van der Waals surface area (Å²) in [5, 5.41) is 1.06. The number of fused-ring (bicyclic) bond motifs is 3. The standard InChI is InChI=1S/C15H14N2O2/c16-14(19)7-5-9-4-6-12-11(8-9)10-2-1-3-13(18)15(10)17-12/h4-8,17H,1-3H2,(H2,16,19). The summed E-state index contributed by atoms with van der Waals surface area (Å²) in [5.41, 5.74) is 8.81. The highest BCUT2D eigenvalue weighted by Crippen LogP contribution is 2.29. The van der Waals surface area contributed by atoms with E-state index in [0.29, 0.717) is 6.42 Å².